The Balaban J connectivity index is 2.08. The first-order valence-electron chi connectivity index (χ1n) is 7.88. The normalized spacial score (nSPS) is 16.0. The summed E-state index contributed by atoms with van der Waals surface area (Å²) < 4.78 is 1.06. The molecule has 1 aliphatic rings. The van der Waals surface area contributed by atoms with Crippen LogP contribution in [0.3, 0.4) is 0 Å². The Morgan fingerprint density at radius 2 is 2.10 bits per heavy atom. The molecule has 1 aromatic rings. The molecule has 0 unspecified atom stereocenters. The van der Waals surface area contributed by atoms with Crippen molar-refractivity contribution in [3.8, 4) is 0 Å². The molecule has 4 heteroatoms. The molecular formula is C17H25BrN2O. The SMILES string of the molecule is CCCN(CC1CCNCC1)C(=O)c1ccc(Br)c(C)c1. The Kier molecular flexibility index (Phi) is 6.24. The van der Waals surface area contributed by atoms with Gasteiger partial charge in [0.1, 0.15) is 0 Å². The molecule has 0 aromatic heterocycles. The minimum absolute atomic E-state index is 0.172. The number of aryl methyl sites for hydroxylation is 1. The minimum Gasteiger partial charge on any atom is -0.338 e. The maximum Gasteiger partial charge on any atom is 0.253 e. The summed E-state index contributed by atoms with van der Waals surface area (Å²) in [7, 11) is 0. The second-order valence-corrected chi connectivity index (χ2v) is 6.76. The van der Waals surface area contributed by atoms with Crippen molar-refractivity contribution in [2.75, 3.05) is 26.2 Å². The Morgan fingerprint density at radius 1 is 1.38 bits per heavy atom. The van der Waals surface area contributed by atoms with E-state index in [0.29, 0.717) is 5.92 Å². The lowest BCUT2D eigenvalue weighted by atomic mass is 9.97. The number of hydrogen-bond acceptors (Lipinski definition) is 2. The molecule has 1 amide bonds. The van der Waals surface area contributed by atoms with E-state index in [9.17, 15) is 4.79 Å². The molecule has 1 aromatic carbocycles. The minimum atomic E-state index is 0.172. The number of piperidine rings is 1. The van der Waals surface area contributed by atoms with Gasteiger partial charge >= 0.3 is 0 Å². The van der Waals surface area contributed by atoms with Crippen LogP contribution in [0.15, 0.2) is 22.7 Å². The van der Waals surface area contributed by atoms with Crippen molar-refractivity contribution in [3.63, 3.8) is 0 Å². The summed E-state index contributed by atoms with van der Waals surface area (Å²) in [5, 5.41) is 3.39. The third-order valence-electron chi connectivity index (χ3n) is 4.12. The number of amides is 1. The van der Waals surface area contributed by atoms with Gasteiger partial charge in [0.25, 0.3) is 5.91 Å². The average molecular weight is 353 g/mol. The van der Waals surface area contributed by atoms with Crippen LogP contribution in [0.4, 0.5) is 0 Å². The molecule has 3 nitrogen and oxygen atoms in total. The lowest BCUT2D eigenvalue weighted by Crippen LogP contribution is -2.39. The summed E-state index contributed by atoms with van der Waals surface area (Å²) in [6.45, 7) is 8.06. The Labute approximate surface area is 136 Å². The van der Waals surface area contributed by atoms with E-state index < -0.39 is 0 Å². The molecule has 0 saturated carbocycles. The number of nitrogens with zero attached hydrogens (tertiary/aromatic N) is 1. The average Bonchev–Trinajstić information content (AvgIpc) is 2.50. The summed E-state index contributed by atoms with van der Waals surface area (Å²) in [5.41, 5.74) is 1.91. The Hall–Kier alpha value is -0.870. The first kappa shape index (κ1) is 16.5. The van der Waals surface area contributed by atoms with Crippen molar-refractivity contribution >= 4 is 21.8 Å². The van der Waals surface area contributed by atoms with Crippen LogP contribution in [0.5, 0.6) is 0 Å². The first-order valence-corrected chi connectivity index (χ1v) is 8.67. The smallest absolute Gasteiger partial charge is 0.253 e. The van der Waals surface area contributed by atoms with Crippen molar-refractivity contribution in [2.45, 2.75) is 33.1 Å². The molecule has 0 radical (unpaired) electrons. The van der Waals surface area contributed by atoms with Gasteiger partial charge in [0, 0.05) is 23.1 Å². The van der Waals surface area contributed by atoms with Crippen LogP contribution in [-0.2, 0) is 0 Å². The van der Waals surface area contributed by atoms with Crippen LogP contribution in [0, 0.1) is 12.8 Å². The number of nitrogens with one attached hydrogen (secondary N) is 1. The van der Waals surface area contributed by atoms with E-state index in [1.165, 1.54) is 12.8 Å². The summed E-state index contributed by atoms with van der Waals surface area (Å²) in [4.78, 5) is 14.8. The van der Waals surface area contributed by atoms with E-state index >= 15 is 0 Å². The second-order valence-electron chi connectivity index (χ2n) is 5.91. The fourth-order valence-electron chi connectivity index (χ4n) is 2.88. The van der Waals surface area contributed by atoms with Crippen molar-refractivity contribution in [1.29, 1.82) is 0 Å². The molecule has 21 heavy (non-hydrogen) atoms. The van der Waals surface area contributed by atoms with Gasteiger partial charge in [-0.05, 0) is 69.0 Å². The molecule has 1 heterocycles. The highest BCUT2D eigenvalue weighted by molar-refractivity contribution is 9.10. The van der Waals surface area contributed by atoms with Gasteiger partial charge in [0.2, 0.25) is 0 Å². The van der Waals surface area contributed by atoms with Gasteiger partial charge in [-0.25, -0.2) is 0 Å². The standard InChI is InChI=1S/C17H25BrN2O/c1-3-10-20(12-14-6-8-19-9-7-14)17(21)15-4-5-16(18)13(2)11-15/h4-5,11,14,19H,3,6-10,12H2,1-2H3. The summed E-state index contributed by atoms with van der Waals surface area (Å²) in [5.74, 6) is 0.810. The van der Waals surface area contributed by atoms with Crippen LogP contribution in [0.1, 0.15) is 42.1 Å². The van der Waals surface area contributed by atoms with E-state index in [1.54, 1.807) is 0 Å². The van der Waals surface area contributed by atoms with Crippen molar-refractivity contribution in [3.05, 3.63) is 33.8 Å². The quantitative estimate of drug-likeness (QED) is 0.877. The monoisotopic (exact) mass is 352 g/mol. The van der Waals surface area contributed by atoms with Crippen LogP contribution in [0.25, 0.3) is 0 Å². The Morgan fingerprint density at radius 3 is 2.71 bits per heavy atom. The number of halogens is 1. The molecule has 1 fully saturated rings. The fourth-order valence-corrected chi connectivity index (χ4v) is 3.13. The summed E-state index contributed by atoms with van der Waals surface area (Å²) in [6.07, 6.45) is 3.35. The highest BCUT2D eigenvalue weighted by Gasteiger charge is 2.21. The number of carbonyl (C=O) groups excluding carboxylic acids is 1. The van der Waals surface area contributed by atoms with Gasteiger partial charge in [-0.15, -0.1) is 0 Å². The number of carbonyl (C=O) groups is 1. The van der Waals surface area contributed by atoms with Gasteiger partial charge < -0.3 is 10.2 Å². The fraction of sp³-hybridized carbons (Fsp3) is 0.588. The van der Waals surface area contributed by atoms with Gasteiger partial charge in [-0.3, -0.25) is 4.79 Å². The van der Waals surface area contributed by atoms with Gasteiger partial charge in [0.05, 0.1) is 0 Å². The lowest BCUT2D eigenvalue weighted by molar-refractivity contribution is 0.0716. The zero-order valence-electron chi connectivity index (χ0n) is 13.0. The molecule has 0 spiro atoms. The zero-order valence-corrected chi connectivity index (χ0v) is 14.6. The molecule has 1 aliphatic heterocycles. The molecule has 116 valence electrons. The van der Waals surface area contributed by atoms with Crippen molar-refractivity contribution in [1.82, 2.24) is 10.2 Å². The summed E-state index contributed by atoms with van der Waals surface area (Å²) in [6, 6.07) is 5.87. The Bertz CT molecular complexity index is 484. The molecule has 2 rings (SSSR count). The van der Waals surface area contributed by atoms with Crippen molar-refractivity contribution in [2.24, 2.45) is 5.92 Å². The third-order valence-corrected chi connectivity index (χ3v) is 5.01. The third kappa shape index (κ3) is 4.55. The van der Waals surface area contributed by atoms with Gasteiger partial charge in [0.15, 0.2) is 0 Å². The lowest BCUT2D eigenvalue weighted by Gasteiger charge is -2.30. The van der Waals surface area contributed by atoms with Crippen LogP contribution >= 0.6 is 15.9 Å². The topological polar surface area (TPSA) is 32.3 Å². The second kappa shape index (κ2) is 7.95. The number of rotatable bonds is 5. The van der Waals surface area contributed by atoms with Gasteiger partial charge in [-0.1, -0.05) is 22.9 Å². The molecule has 1 saturated heterocycles. The van der Waals surface area contributed by atoms with Crippen molar-refractivity contribution < 1.29 is 4.79 Å². The summed E-state index contributed by atoms with van der Waals surface area (Å²) >= 11 is 3.49. The highest BCUT2D eigenvalue weighted by atomic mass is 79.9. The number of hydrogen-bond donors (Lipinski definition) is 1. The molecule has 0 bridgehead atoms. The molecule has 1 N–H and O–H groups in total. The largest absolute Gasteiger partial charge is 0.338 e. The van der Waals surface area contributed by atoms with E-state index in [1.807, 2.05) is 30.0 Å². The van der Waals surface area contributed by atoms with E-state index in [0.717, 1.165) is 48.2 Å². The molecule has 0 aliphatic carbocycles. The van der Waals surface area contributed by atoms with E-state index in [2.05, 4.69) is 28.2 Å². The van der Waals surface area contributed by atoms with E-state index in [-0.39, 0.29) is 5.91 Å². The predicted octanol–water partition coefficient (Wildman–Crippen LogP) is 3.61. The van der Waals surface area contributed by atoms with Crippen LogP contribution in [-0.4, -0.2) is 37.0 Å². The maximum atomic E-state index is 12.8. The highest BCUT2D eigenvalue weighted by Crippen LogP contribution is 2.20. The van der Waals surface area contributed by atoms with Crippen LogP contribution < -0.4 is 5.32 Å². The molecule has 0 atom stereocenters. The first-order chi connectivity index (χ1) is 10.1. The van der Waals surface area contributed by atoms with Gasteiger partial charge in [-0.2, -0.15) is 0 Å². The molecular weight excluding hydrogens is 328 g/mol. The zero-order chi connectivity index (χ0) is 15.2. The van der Waals surface area contributed by atoms with E-state index in [4.69, 9.17) is 0 Å². The van der Waals surface area contributed by atoms with Crippen LogP contribution in [0.2, 0.25) is 0 Å². The predicted molar refractivity (Wildman–Crippen MR) is 90.7 cm³/mol. The number of benzene rings is 1. The maximum absolute atomic E-state index is 12.8.